The molecule has 132 valence electrons. The maximum atomic E-state index is 13.1. The van der Waals surface area contributed by atoms with Crippen molar-refractivity contribution in [1.82, 2.24) is 9.80 Å². The second-order valence-electron chi connectivity index (χ2n) is 7.78. The van der Waals surface area contributed by atoms with Crippen molar-refractivity contribution < 1.29 is 14.3 Å². The van der Waals surface area contributed by atoms with Crippen molar-refractivity contribution in [2.45, 2.75) is 32.0 Å². The van der Waals surface area contributed by atoms with Crippen LogP contribution < -0.4 is 0 Å². The van der Waals surface area contributed by atoms with Crippen molar-refractivity contribution in [1.29, 1.82) is 0 Å². The number of hydrogen-bond donors (Lipinski definition) is 0. The third-order valence-electron chi connectivity index (χ3n) is 5.76. The van der Waals surface area contributed by atoms with E-state index in [2.05, 4.69) is 13.8 Å². The summed E-state index contributed by atoms with van der Waals surface area (Å²) >= 11 is 1.89. The van der Waals surface area contributed by atoms with Crippen molar-refractivity contribution in [2.24, 2.45) is 17.8 Å². The van der Waals surface area contributed by atoms with Gasteiger partial charge in [-0.3, -0.25) is 9.59 Å². The molecule has 1 spiro atoms. The van der Waals surface area contributed by atoms with Crippen LogP contribution in [0.5, 0.6) is 0 Å². The summed E-state index contributed by atoms with van der Waals surface area (Å²) in [7, 11) is 0. The SMILES string of the molecule is CC(C)CCN1C[C@]23C=C[C@H](O2)[C@@H](C(=O)N2CCSCC2)[C@H]3C1=O. The van der Waals surface area contributed by atoms with Crippen LogP contribution in [0.15, 0.2) is 12.2 Å². The van der Waals surface area contributed by atoms with Crippen LogP contribution in [0.25, 0.3) is 0 Å². The standard InChI is InChI=1S/C18H26N2O3S/c1-12(2)4-6-20-11-18-5-3-13(23-18)14(15(18)17(20)22)16(21)19-7-9-24-10-8-19/h3,5,12-15H,4,6-11H2,1-2H3/t13-,14+,15-,18-/m0/s1. The van der Waals surface area contributed by atoms with Gasteiger partial charge in [0.1, 0.15) is 5.60 Å². The predicted octanol–water partition coefficient (Wildman–Crippen LogP) is 1.39. The molecule has 0 aromatic carbocycles. The Hall–Kier alpha value is -1.01. The van der Waals surface area contributed by atoms with E-state index in [1.54, 1.807) is 0 Å². The van der Waals surface area contributed by atoms with E-state index < -0.39 is 5.60 Å². The highest BCUT2D eigenvalue weighted by Gasteiger charge is 2.67. The zero-order valence-corrected chi connectivity index (χ0v) is 15.3. The average Bonchev–Trinajstić information content (AvgIpc) is 3.21. The summed E-state index contributed by atoms with van der Waals surface area (Å²) in [6, 6.07) is 0. The van der Waals surface area contributed by atoms with Gasteiger partial charge in [-0.15, -0.1) is 0 Å². The Morgan fingerprint density at radius 3 is 2.88 bits per heavy atom. The topological polar surface area (TPSA) is 49.9 Å². The lowest BCUT2D eigenvalue weighted by atomic mass is 9.76. The predicted molar refractivity (Wildman–Crippen MR) is 93.7 cm³/mol. The Kier molecular flexibility index (Phi) is 4.15. The smallest absolute Gasteiger partial charge is 0.230 e. The molecule has 4 heterocycles. The van der Waals surface area contributed by atoms with Crippen molar-refractivity contribution in [3.05, 3.63) is 12.2 Å². The Bertz CT molecular complexity index is 573. The Labute approximate surface area is 147 Å². The van der Waals surface area contributed by atoms with Crippen LogP contribution in [-0.2, 0) is 14.3 Å². The van der Waals surface area contributed by atoms with Gasteiger partial charge >= 0.3 is 0 Å². The number of rotatable bonds is 4. The van der Waals surface area contributed by atoms with E-state index in [1.807, 2.05) is 33.7 Å². The molecule has 0 aromatic heterocycles. The molecule has 0 unspecified atom stereocenters. The van der Waals surface area contributed by atoms with E-state index in [1.165, 1.54) is 0 Å². The van der Waals surface area contributed by atoms with Gasteiger partial charge in [0, 0.05) is 31.1 Å². The van der Waals surface area contributed by atoms with Gasteiger partial charge in [-0.05, 0) is 12.3 Å². The number of thioether (sulfide) groups is 1. The lowest BCUT2D eigenvalue weighted by Gasteiger charge is -2.32. The fourth-order valence-corrected chi connectivity index (χ4v) is 5.36. The average molecular weight is 350 g/mol. The zero-order valence-electron chi connectivity index (χ0n) is 14.4. The van der Waals surface area contributed by atoms with Crippen molar-refractivity contribution in [3.8, 4) is 0 Å². The van der Waals surface area contributed by atoms with Gasteiger partial charge in [0.05, 0.1) is 24.5 Å². The lowest BCUT2D eigenvalue weighted by Crippen LogP contribution is -2.48. The first-order chi connectivity index (χ1) is 11.5. The van der Waals surface area contributed by atoms with E-state index in [0.29, 0.717) is 12.5 Å². The van der Waals surface area contributed by atoms with Crippen molar-refractivity contribution in [2.75, 3.05) is 37.7 Å². The van der Waals surface area contributed by atoms with Crippen LogP contribution in [0, 0.1) is 17.8 Å². The lowest BCUT2D eigenvalue weighted by molar-refractivity contribution is -0.143. The molecule has 6 heteroatoms. The number of ether oxygens (including phenoxy) is 1. The van der Waals surface area contributed by atoms with E-state index in [9.17, 15) is 9.59 Å². The maximum absolute atomic E-state index is 13.1. The van der Waals surface area contributed by atoms with Crippen LogP contribution in [-0.4, -0.2) is 71.0 Å². The molecule has 0 radical (unpaired) electrons. The first kappa shape index (κ1) is 16.5. The maximum Gasteiger partial charge on any atom is 0.230 e. The van der Waals surface area contributed by atoms with Gasteiger partial charge in [-0.25, -0.2) is 0 Å². The molecule has 0 aliphatic carbocycles. The Morgan fingerprint density at radius 1 is 1.42 bits per heavy atom. The first-order valence-electron chi connectivity index (χ1n) is 9.04. The normalized spacial score (nSPS) is 37.6. The molecule has 3 saturated heterocycles. The highest BCUT2D eigenvalue weighted by atomic mass is 32.2. The third-order valence-corrected chi connectivity index (χ3v) is 6.71. The summed E-state index contributed by atoms with van der Waals surface area (Å²) in [6.07, 6.45) is 4.83. The molecule has 5 nitrogen and oxygen atoms in total. The van der Waals surface area contributed by atoms with E-state index >= 15 is 0 Å². The molecule has 0 saturated carbocycles. The molecule has 24 heavy (non-hydrogen) atoms. The molecule has 0 aromatic rings. The summed E-state index contributed by atoms with van der Waals surface area (Å²) in [5.41, 5.74) is -0.552. The summed E-state index contributed by atoms with van der Waals surface area (Å²) in [4.78, 5) is 30.0. The zero-order chi connectivity index (χ0) is 16.9. The van der Waals surface area contributed by atoms with Crippen molar-refractivity contribution in [3.63, 3.8) is 0 Å². The number of hydrogen-bond acceptors (Lipinski definition) is 4. The molecular formula is C18H26N2O3S. The first-order valence-corrected chi connectivity index (χ1v) is 10.2. The summed E-state index contributed by atoms with van der Waals surface area (Å²) < 4.78 is 6.19. The molecule has 4 aliphatic heterocycles. The van der Waals surface area contributed by atoms with Crippen molar-refractivity contribution >= 4 is 23.6 Å². The van der Waals surface area contributed by atoms with Crippen LogP contribution in [0.2, 0.25) is 0 Å². The summed E-state index contributed by atoms with van der Waals surface area (Å²) in [5.74, 6) is 2.14. The van der Waals surface area contributed by atoms with E-state index in [4.69, 9.17) is 4.74 Å². The molecule has 4 rings (SSSR count). The second-order valence-corrected chi connectivity index (χ2v) is 9.00. The van der Waals surface area contributed by atoms with Gasteiger partial charge < -0.3 is 14.5 Å². The molecular weight excluding hydrogens is 324 g/mol. The minimum Gasteiger partial charge on any atom is -0.360 e. The molecule has 2 bridgehead atoms. The van der Waals surface area contributed by atoms with Crippen LogP contribution in [0.1, 0.15) is 20.3 Å². The number of likely N-dealkylation sites (tertiary alicyclic amines) is 1. The molecule has 4 atom stereocenters. The van der Waals surface area contributed by atoms with Gasteiger partial charge in [0.2, 0.25) is 11.8 Å². The molecule has 3 fully saturated rings. The summed E-state index contributed by atoms with van der Waals surface area (Å²) in [5, 5.41) is 0. The largest absolute Gasteiger partial charge is 0.360 e. The van der Waals surface area contributed by atoms with Gasteiger partial charge in [-0.1, -0.05) is 26.0 Å². The Morgan fingerprint density at radius 2 is 2.17 bits per heavy atom. The number of nitrogens with zero attached hydrogens (tertiary/aromatic N) is 2. The fraction of sp³-hybridized carbons (Fsp3) is 0.778. The fourth-order valence-electron chi connectivity index (χ4n) is 4.46. The van der Waals surface area contributed by atoms with Gasteiger partial charge in [0.15, 0.2) is 0 Å². The number of fused-ring (bicyclic) bond motifs is 1. The molecule has 0 N–H and O–H groups in total. The minimum atomic E-state index is -0.552. The molecule has 4 aliphatic rings. The minimum absolute atomic E-state index is 0.118. The van der Waals surface area contributed by atoms with Crippen LogP contribution >= 0.6 is 11.8 Å². The van der Waals surface area contributed by atoms with E-state index in [0.717, 1.165) is 37.6 Å². The second kappa shape index (κ2) is 6.06. The Balaban J connectivity index is 1.54. The highest BCUT2D eigenvalue weighted by molar-refractivity contribution is 7.99. The van der Waals surface area contributed by atoms with Crippen LogP contribution in [0.4, 0.5) is 0 Å². The third kappa shape index (κ3) is 2.49. The highest BCUT2D eigenvalue weighted by Crippen LogP contribution is 2.52. The molecule has 2 amide bonds. The monoisotopic (exact) mass is 350 g/mol. The van der Waals surface area contributed by atoms with Gasteiger partial charge in [0.25, 0.3) is 0 Å². The number of carbonyl (C=O) groups is 2. The number of carbonyl (C=O) groups excluding carboxylic acids is 2. The summed E-state index contributed by atoms with van der Waals surface area (Å²) in [6.45, 7) is 7.29. The quantitative estimate of drug-likeness (QED) is 0.719. The van der Waals surface area contributed by atoms with Gasteiger partial charge in [-0.2, -0.15) is 11.8 Å². The van der Waals surface area contributed by atoms with E-state index in [-0.39, 0.29) is 29.8 Å². The number of amides is 2. The van der Waals surface area contributed by atoms with Crippen LogP contribution in [0.3, 0.4) is 0 Å².